The maximum Gasteiger partial charge on any atom is 0.394 e. The second-order valence-electron chi connectivity index (χ2n) is 5.50. The lowest BCUT2D eigenvalue weighted by Gasteiger charge is -2.38. The van der Waals surface area contributed by atoms with Gasteiger partial charge < -0.3 is 0 Å². The normalized spacial score (nSPS) is 37.9. The third-order valence-corrected chi connectivity index (χ3v) is 4.40. The predicted octanol–water partition coefficient (Wildman–Crippen LogP) is 4.01. The van der Waals surface area contributed by atoms with Gasteiger partial charge in [-0.3, -0.25) is 0 Å². The molecule has 0 aromatic heterocycles. The third-order valence-electron chi connectivity index (χ3n) is 4.40. The van der Waals surface area contributed by atoms with Crippen molar-refractivity contribution in [3.8, 4) is 0 Å². The van der Waals surface area contributed by atoms with Crippen LogP contribution < -0.4 is 0 Å². The molecule has 0 spiro atoms. The lowest BCUT2D eigenvalue weighted by Crippen LogP contribution is -2.41. The molecule has 0 amide bonds. The Morgan fingerprint density at radius 2 is 1.64 bits per heavy atom. The van der Waals surface area contributed by atoms with E-state index in [2.05, 4.69) is 0 Å². The van der Waals surface area contributed by atoms with Gasteiger partial charge in [0, 0.05) is 0 Å². The summed E-state index contributed by atoms with van der Waals surface area (Å²) in [7, 11) is 0. The van der Waals surface area contributed by atoms with E-state index in [0.29, 0.717) is 11.8 Å². The first-order valence-electron chi connectivity index (χ1n) is 5.39. The van der Waals surface area contributed by atoms with E-state index in [1.807, 2.05) is 0 Å². The Morgan fingerprint density at radius 3 is 2.00 bits per heavy atom. The zero-order valence-corrected chi connectivity index (χ0v) is 8.69. The minimum atomic E-state index is -4.04. The van der Waals surface area contributed by atoms with E-state index in [4.69, 9.17) is 0 Å². The molecule has 2 bridgehead atoms. The van der Waals surface area contributed by atoms with Crippen LogP contribution in [0.4, 0.5) is 13.2 Å². The molecule has 0 aromatic rings. The van der Waals surface area contributed by atoms with E-state index in [9.17, 15) is 13.2 Å². The summed E-state index contributed by atoms with van der Waals surface area (Å²) in [5, 5.41) is 0. The monoisotopic (exact) mass is 206 g/mol. The van der Waals surface area contributed by atoms with E-state index in [-0.39, 0.29) is 5.92 Å². The van der Waals surface area contributed by atoms with Crippen molar-refractivity contribution in [2.24, 2.45) is 23.2 Å². The van der Waals surface area contributed by atoms with Crippen molar-refractivity contribution in [1.29, 1.82) is 0 Å². The molecule has 0 heterocycles. The molecule has 0 radical (unpaired) electrons. The van der Waals surface area contributed by atoms with Crippen molar-refractivity contribution >= 4 is 0 Å². The highest BCUT2D eigenvalue weighted by atomic mass is 19.4. The average Bonchev–Trinajstić information content (AvgIpc) is 2.61. The lowest BCUT2D eigenvalue weighted by molar-refractivity contribution is -0.234. The fraction of sp³-hybridized carbons (Fsp3) is 1.00. The Balaban J connectivity index is 2.16. The molecule has 2 fully saturated rings. The molecule has 0 saturated heterocycles. The SMILES string of the molecule is CC(C)(C1CC2CCC1C2)C(F)(F)F. The highest BCUT2D eigenvalue weighted by Gasteiger charge is 2.57. The fourth-order valence-corrected chi connectivity index (χ4v) is 3.34. The summed E-state index contributed by atoms with van der Waals surface area (Å²) < 4.78 is 38.4. The molecule has 3 unspecified atom stereocenters. The summed E-state index contributed by atoms with van der Waals surface area (Å²) >= 11 is 0. The number of hydrogen-bond acceptors (Lipinski definition) is 0. The van der Waals surface area contributed by atoms with Gasteiger partial charge in [0.05, 0.1) is 5.41 Å². The molecule has 3 heteroatoms. The number of fused-ring (bicyclic) bond motifs is 2. The van der Waals surface area contributed by atoms with Gasteiger partial charge in [-0.25, -0.2) is 0 Å². The molecule has 82 valence electrons. The summed E-state index contributed by atoms with van der Waals surface area (Å²) in [6.07, 6.45) is -0.00650. The smallest absolute Gasteiger partial charge is 0.171 e. The van der Waals surface area contributed by atoms with Crippen LogP contribution in [-0.2, 0) is 0 Å². The largest absolute Gasteiger partial charge is 0.394 e. The molecule has 14 heavy (non-hydrogen) atoms. The average molecular weight is 206 g/mol. The van der Waals surface area contributed by atoms with Crippen LogP contribution in [0.5, 0.6) is 0 Å². The van der Waals surface area contributed by atoms with Gasteiger partial charge in [0.1, 0.15) is 0 Å². The van der Waals surface area contributed by atoms with Gasteiger partial charge in [0.15, 0.2) is 0 Å². The quantitative estimate of drug-likeness (QED) is 0.608. The Bertz CT molecular complexity index is 229. The third kappa shape index (κ3) is 1.36. The topological polar surface area (TPSA) is 0 Å². The molecule has 2 aliphatic carbocycles. The molecule has 0 aliphatic heterocycles. The van der Waals surface area contributed by atoms with Gasteiger partial charge in [0.2, 0.25) is 0 Å². The van der Waals surface area contributed by atoms with Crippen molar-refractivity contribution in [1.82, 2.24) is 0 Å². The first kappa shape index (κ1) is 10.3. The molecule has 2 aliphatic rings. The Hall–Kier alpha value is -0.210. The van der Waals surface area contributed by atoms with E-state index >= 15 is 0 Å². The molecular weight excluding hydrogens is 189 g/mol. The predicted molar refractivity (Wildman–Crippen MR) is 48.8 cm³/mol. The van der Waals surface area contributed by atoms with Gasteiger partial charge in [-0.05, 0) is 37.0 Å². The summed E-state index contributed by atoms with van der Waals surface area (Å²) in [5.41, 5.74) is -1.48. The first-order valence-corrected chi connectivity index (χ1v) is 5.39. The fourth-order valence-electron chi connectivity index (χ4n) is 3.34. The number of hydrogen-bond donors (Lipinski definition) is 0. The van der Waals surface area contributed by atoms with Gasteiger partial charge in [-0.2, -0.15) is 13.2 Å². The van der Waals surface area contributed by atoms with Crippen LogP contribution in [0.2, 0.25) is 0 Å². The van der Waals surface area contributed by atoms with Crippen LogP contribution in [0.3, 0.4) is 0 Å². The number of halogens is 3. The van der Waals surface area contributed by atoms with Crippen molar-refractivity contribution in [3.05, 3.63) is 0 Å². The zero-order valence-electron chi connectivity index (χ0n) is 8.69. The standard InChI is InChI=1S/C11H17F3/c1-10(2,11(12,13)14)9-6-7-3-4-8(9)5-7/h7-9H,3-6H2,1-2H3. The zero-order chi connectivity index (χ0) is 10.6. The molecule has 3 atom stereocenters. The van der Waals surface area contributed by atoms with E-state index in [1.54, 1.807) is 0 Å². The second kappa shape index (κ2) is 2.89. The summed E-state index contributed by atoms with van der Waals surface area (Å²) in [6, 6.07) is 0. The highest BCUT2D eigenvalue weighted by Crippen LogP contribution is 2.58. The molecule has 0 nitrogen and oxygen atoms in total. The Morgan fingerprint density at radius 1 is 1.00 bits per heavy atom. The summed E-state index contributed by atoms with van der Waals surface area (Å²) in [5.74, 6) is 0.810. The van der Waals surface area contributed by atoms with Crippen LogP contribution >= 0.6 is 0 Å². The maximum absolute atomic E-state index is 12.8. The summed E-state index contributed by atoms with van der Waals surface area (Å²) in [6.45, 7) is 2.75. The molecule has 2 rings (SSSR count). The minimum Gasteiger partial charge on any atom is -0.171 e. The van der Waals surface area contributed by atoms with Crippen molar-refractivity contribution in [2.45, 2.75) is 45.7 Å². The minimum absolute atomic E-state index is 0.124. The van der Waals surface area contributed by atoms with E-state index in [1.165, 1.54) is 13.8 Å². The van der Waals surface area contributed by atoms with Crippen molar-refractivity contribution in [2.75, 3.05) is 0 Å². The van der Waals surface area contributed by atoms with Crippen LogP contribution in [0, 0.1) is 23.2 Å². The van der Waals surface area contributed by atoms with Crippen LogP contribution in [-0.4, -0.2) is 6.18 Å². The lowest BCUT2D eigenvalue weighted by atomic mass is 9.70. The number of alkyl halides is 3. The first-order chi connectivity index (χ1) is 6.32. The van der Waals surface area contributed by atoms with Crippen LogP contribution in [0.1, 0.15) is 39.5 Å². The van der Waals surface area contributed by atoms with E-state index in [0.717, 1.165) is 25.7 Å². The van der Waals surface area contributed by atoms with Gasteiger partial charge in [0.25, 0.3) is 0 Å². The summed E-state index contributed by atoms with van der Waals surface area (Å²) in [4.78, 5) is 0. The van der Waals surface area contributed by atoms with E-state index < -0.39 is 11.6 Å². The second-order valence-corrected chi connectivity index (χ2v) is 5.50. The van der Waals surface area contributed by atoms with Crippen LogP contribution in [0.15, 0.2) is 0 Å². The van der Waals surface area contributed by atoms with Gasteiger partial charge in [-0.15, -0.1) is 0 Å². The van der Waals surface area contributed by atoms with Crippen LogP contribution in [0.25, 0.3) is 0 Å². The van der Waals surface area contributed by atoms with Gasteiger partial charge >= 0.3 is 6.18 Å². The van der Waals surface area contributed by atoms with Gasteiger partial charge in [-0.1, -0.05) is 20.3 Å². The molecule has 0 aromatic carbocycles. The Kier molecular flexibility index (Phi) is 2.13. The van der Waals surface area contributed by atoms with Crippen molar-refractivity contribution in [3.63, 3.8) is 0 Å². The number of rotatable bonds is 1. The molecular formula is C11H17F3. The molecule has 2 saturated carbocycles. The Labute approximate surface area is 82.9 Å². The highest BCUT2D eigenvalue weighted by molar-refractivity contribution is 4.98. The molecule has 0 N–H and O–H groups in total. The maximum atomic E-state index is 12.8. The van der Waals surface area contributed by atoms with Crippen molar-refractivity contribution < 1.29 is 13.2 Å².